The van der Waals surface area contributed by atoms with Crippen LogP contribution in [-0.4, -0.2) is 47.5 Å². The van der Waals surface area contributed by atoms with Crippen molar-refractivity contribution < 1.29 is 24.5 Å². The standard InChI is InChI=1S/C27H26N2O5/c1-18-23-13-15-28(14-3-4-19-7-11-22(34-2)12-8-19)17-24(23)26(30)25(29(18)33)16-20-5-9-21(10-6-20)27(31)32/h5-13,15,18,25,29H,4,16-17H2,1-2H3,(H,31,32). The molecule has 2 aromatic carbocycles. The van der Waals surface area contributed by atoms with Gasteiger partial charge in [-0.1, -0.05) is 30.2 Å². The lowest BCUT2D eigenvalue weighted by Gasteiger charge is -2.42. The SMILES string of the molecule is COc1ccc(CC#CN2C=CC3=C(C2)C(=O)C(Cc2ccc(C(=O)O)cc2)[NH+]([O-])C3C)cc1. The molecule has 0 aliphatic carbocycles. The van der Waals surface area contributed by atoms with E-state index in [9.17, 15) is 14.8 Å². The maximum atomic E-state index is 13.3. The molecule has 0 radical (unpaired) electrons. The first kappa shape index (κ1) is 23.3. The van der Waals surface area contributed by atoms with Gasteiger partial charge in [-0.25, -0.2) is 4.79 Å². The molecule has 2 heterocycles. The molecule has 0 spiro atoms. The van der Waals surface area contributed by atoms with Crippen molar-refractivity contribution in [1.29, 1.82) is 0 Å². The number of carboxylic acid groups (broad SMARTS) is 1. The van der Waals surface area contributed by atoms with Crippen LogP contribution in [0.4, 0.5) is 0 Å². The first-order chi connectivity index (χ1) is 16.4. The van der Waals surface area contributed by atoms with Crippen LogP contribution in [0.3, 0.4) is 0 Å². The molecule has 174 valence electrons. The number of benzene rings is 2. The number of Topliss-reactive ketones (excluding diaryl/α,β-unsaturated/α-hetero) is 1. The Hall–Kier alpha value is -3.86. The molecule has 0 amide bonds. The molecular weight excluding hydrogens is 432 g/mol. The quantitative estimate of drug-likeness (QED) is 0.526. The second-order valence-corrected chi connectivity index (χ2v) is 8.44. The van der Waals surface area contributed by atoms with Gasteiger partial charge in [0.05, 0.1) is 19.2 Å². The Kier molecular flexibility index (Phi) is 6.82. The number of nitrogens with zero attached hydrogens (tertiary/aromatic N) is 1. The van der Waals surface area contributed by atoms with Gasteiger partial charge in [-0.15, -0.1) is 0 Å². The maximum Gasteiger partial charge on any atom is 0.335 e. The molecule has 2 N–H and O–H groups in total. The van der Waals surface area contributed by atoms with E-state index in [-0.39, 0.29) is 28.9 Å². The zero-order valence-electron chi connectivity index (χ0n) is 19.1. The highest BCUT2D eigenvalue weighted by molar-refractivity contribution is 6.01. The van der Waals surface area contributed by atoms with Gasteiger partial charge in [0.25, 0.3) is 0 Å². The van der Waals surface area contributed by atoms with Gasteiger partial charge in [0.15, 0.2) is 6.04 Å². The van der Waals surface area contributed by atoms with E-state index in [0.29, 0.717) is 18.5 Å². The van der Waals surface area contributed by atoms with Crippen molar-refractivity contribution in [3.8, 4) is 17.7 Å². The summed E-state index contributed by atoms with van der Waals surface area (Å²) in [7, 11) is 1.63. The molecule has 34 heavy (non-hydrogen) atoms. The number of carbonyl (C=O) groups excluding carboxylic acids is 1. The fourth-order valence-electron chi connectivity index (χ4n) is 4.28. The zero-order chi connectivity index (χ0) is 24.2. The van der Waals surface area contributed by atoms with Crippen molar-refractivity contribution in [2.75, 3.05) is 13.7 Å². The van der Waals surface area contributed by atoms with Crippen LogP contribution in [0.5, 0.6) is 5.75 Å². The van der Waals surface area contributed by atoms with E-state index in [1.54, 1.807) is 24.1 Å². The molecule has 0 saturated carbocycles. The monoisotopic (exact) mass is 458 g/mol. The Morgan fingerprint density at radius 2 is 1.85 bits per heavy atom. The number of methoxy groups -OCH3 is 1. The van der Waals surface area contributed by atoms with E-state index in [1.807, 2.05) is 43.5 Å². The number of carboxylic acids is 1. The Bertz CT molecular complexity index is 1200. The molecule has 3 unspecified atom stereocenters. The molecule has 7 heteroatoms. The Balaban J connectivity index is 1.46. The molecule has 2 aromatic rings. The van der Waals surface area contributed by atoms with Gasteiger partial charge in [-0.3, -0.25) is 4.79 Å². The van der Waals surface area contributed by atoms with Crippen molar-refractivity contribution in [3.05, 3.63) is 93.9 Å². The second-order valence-electron chi connectivity index (χ2n) is 8.44. The van der Waals surface area contributed by atoms with Crippen LogP contribution in [0.25, 0.3) is 0 Å². The molecular formula is C27H26N2O5. The third-order valence-corrected chi connectivity index (χ3v) is 6.28. The fraction of sp³-hybridized carbons (Fsp3) is 0.259. The lowest BCUT2D eigenvalue weighted by molar-refractivity contribution is -0.884. The summed E-state index contributed by atoms with van der Waals surface area (Å²) in [5.74, 6) is 2.75. The molecule has 3 atom stereocenters. The summed E-state index contributed by atoms with van der Waals surface area (Å²) in [6.07, 6.45) is 4.46. The van der Waals surface area contributed by atoms with Gasteiger partial charge in [0.1, 0.15) is 11.8 Å². The number of aromatic carboxylic acids is 1. The minimum absolute atomic E-state index is 0.102. The lowest BCUT2D eigenvalue weighted by atomic mass is 9.85. The van der Waals surface area contributed by atoms with Crippen LogP contribution in [-0.2, 0) is 17.6 Å². The van der Waals surface area contributed by atoms with Crippen LogP contribution < -0.4 is 9.80 Å². The van der Waals surface area contributed by atoms with Crippen molar-refractivity contribution >= 4 is 11.8 Å². The van der Waals surface area contributed by atoms with Gasteiger partial charge in [-0.2, -0.15) is 0 Å². The highest BCUT2D eigenvalue weighted by atomic mass is 16.5. The summed E-state index contributed by atoms with van der Waals surface area (Å²) in [4.78, 5) is 26.2. The van der Waals surface area contributed by atoms with Gasteiger partial charge >= 0.3 is 5.97 Å². The van der Waals surface area contributed by atoms with E-state index >= 15 is 0 Å². The summed E-state index contributed by atoms with van der Waals surface area (Å²) < 4.78 is 5.17. The largest absolute Gasteiger partial charge is 0.633 e. The molecule has 0 aromatic heterocycles. The van der Waals surface area contributed by atoms with Crippen LogP contribution in [0.2, 0.25) is 0 Å². The second kappa shape index (κ2) is 9.96. The van der Waals surface area contributed by atoms with E-state index in [1.165, 1.54) is 12.1 Å². The average molecular weight is 459 g/mol. The van der Waals surface area contributed by atoms with E-state index in [0.717, 1.165) is 22.4 Å². The van der Waals surface area contributed by atoms with Crippen LogP contribution >= 0.6 is 0 Å². The van der Waals surface area contributed by atoms with E-state index in [2.05, 4.69) is 12.0 Å². The van der Waals surface area contributed by atoms with Crippen LogP contribution in [0.15, 0.2) is 72.0 Å². The predicted octanol–water partition coefficient (Wildman–Crippen LogP) is 1.99. The Morgan fingerprint density at radius 1 is 1.18 bits per heavy atom. The normalized spacial score (nSPS) is 21.6. The highest BCUT2D eigenvalue weighted by Gasteiger charge is 2.40. The summed E-state index contributed by atoms with van der Waals surface area (Å²) >= 11 is 0. The summed E-state index contributed by atoms with van der Waals surface area (Å²) in [6, 6.07) is 16.0. The number of quaternary nitrogens is 1. The first-order valence-electron chi connectivity index (χ1n) is 11.1. The number of carbonyl (C=O) groups is 2. The van der Waals surface area contributed by atoms with E-state index in [4.69, 9.17) is 9.84 Å². The number of ketones is 1. The smallest absolute Gasteiger partial charge is 0.335 e. The molecule has 0 fully saturated rings. The van der Waals surface area contributed by atoms with Gasteiger partial charge in [0, 0.05) is 36.2 Å². The maximum absolute atomic E-state index is 13.3. The Morgan fingerprint density at radius 3 is 2.50 bits per heavy atom. The van der Waals surface area contributed by atoms with Crippen molar-refractivity contribution in [3.63, 3.8) is 0 Å². The lowest BCUT2D eigenvalue weighted by Crippen LogP contribution is -3.17. The Labute approximate surface area is 198 Å². The van der Waals surface area contributed by atoms with E-state index < -0.39 is 12.0 Å². The van der Waals surface area contributed by atoms with Crippen molar-refractivity contribution in [2.24, 2.45) is 0 Å². The number of ether oxygens (including phenoxy) is 1. The highest BCUT2D eigenvalue weighted by Crippen LogP contribution is 2.23. The van der Waals surface area contributed by atoms with Crippen molar-refractivity contribution in [1.82, 2.24) is 4.90 Å². The van der Waals surface area contributed by atoms with Gasteiger partial charge < -0.3 is 25.0 Å². The van der Waals surface area contributed by atoms with Crippen LogP contribution in [0, 0.1) is 17.2 Å². The molecule has 2 aliphatic rings. The van der Waals surface area contributed by atoms with Crippen LogP contribution in [0.1, 0.15) is 28.4 Å². The molecule has 2 aliphatic heterocycles. The number of rotatable bonds is 5. The predicted molar refractivity (Wildman–Crippen MR) is 127 cm³/mol. The number of hydroxylamine groups is 2. The third kappa shape index (κ3) is 4.88. The molecule has 0 bridgehead atoms. The minimum atomic E-state index is -1.01. The van der Waals surface area contributed by atoms with Crippen molar-refractivity contribution in [2.45, 2.75) is 31.8 Å². The summed E-state index contributed by atoms with van der Waals surface area (Å²) in [6.45, 7) is 2.17. The number of hydrogen-bond donors (Lipinski definition) is 2. The zero-order valence-corrected chi connectivity index (χ0v) is 19.1. The first-order valence-corrected chi connectivity index (χ1v) is 11.1. The minimum Gasteiger partial charge on any atom is -0.633 e. The third-order valence-electron chi connectivity index (χ3n) is 6.28. The van der Waals surface area contributed by atoms with Gasteiger partial charge in [0.2, 0.25) is 5.78 Å². The topological polar surface area (TPSA) is 94.3 Å². The molecule has 4 rings (SSSR count). The number of hydrogen-bond acceptors (Lipinski definition) is 5. The fourth-order valence-corrected chi connectivity index (χ4v) is 4.28. The molecule has 7 nitrogen and oxygen atoms in total. The summed E-state index contributed by atoms with van der Waals surface area (Å²) in [5.41, 5.74) is 3.39. The van der Waals surface area contributed by atoms with Gasteiger partial charge in [-0.05, 0) is 48.4 Å². The molecule has 0 saturated heterocycles. The number of nitrogens with one attached hydrogen (secondary N) is 1. The average Bonchev–Trinajstić information content (AvgIpc) is 2.86. The summed E-state index contributed by atoms with van der Waals surface area (Å²) in [5, 5.41) is 22.0.